The predicted octanol–water partition coefficient (Wildman–Crippen LogP) is 1.79. The number of carbonyl (C=O) groups excluding carboxylic acids is 1. The van der Waals surface area contributed by atoms with Gasteiger partial charge in [0.15, 0.2) is 0 Å². The van der Waals surface area contributed by atoms with E-state index in [1.54, 1.807) is 0 Å². The zero-order chi connectivity index (χ0) is 14.6. The van der Waals surface area contributed by atoms with Crippen LogP contribution in [0.4, 0.5) is 0 Å². The molecule has 1 fully saturated rings. The maximum Gasteiger partial charge on any atom is 0.251 e. The summed E-state index contributed by atoms with van der Waals surface area (Å²) in [6, 6.07) is 9.91. The summed E-state index contributed by atoms with van der Waals surface area (Å²) in [5, 5.41) is 0. The predicted molar refractivity (Wildman–Crippen MR) is 79.1 cm³/mol. The molecule has 1 aliphatic rings. The second-order valence-corrected chi connectivity index (χ2v) is 5.96. The molecular weight excluding hydrogens is 252 g/mol. The van der Waals surface area contributed by atoms with Gasteiger partial charge < -0.3 is 15.4 Å². The van der Waals surface area contributed by atoms with Crippen molar-refractivity contribution in [3.63, 3.8) is 0 Å². The summed E-state index contributed by atoms with van der Waals surface area (Å²) in [6.07, 6.45) is 0.566. The summed E-state index contributed by atoms with van der Waals surface area (Å²) in [7, 11) is 0. The Balaban J connectivity index is 1.84. The lowest BCUT2D eigenvalue weighted by Crippen LogP contribution is -2.40. The van der Waals surface area contributed by atoms with Crippen molar-refractivity contribution in [1.29, 1.82) is 0 Å². The first-order chi connectivity index (χ1) is 9.54. The fraction of sp³-hybridized carbons (Fsp3) is 0.562. The van der Waals surface area contributed by atoms with Gasteiger partial charge in [-0.05, 0) is 30.9 Å². The molecule has 2 atom stereocenters. The highest BCUT2D eigenvalue weighted by molar-refractivity contribution is 5.80. The van der Waals surface area contributed by atoms with Crippen LogP contribution in [-0.4, -0.2) is 36.5 Å². The first-order valence-electron chi connectivity index (χ1n) is 7.18. The van der Waals surface area contributed by atoms with Crippen LogP contribution in [0.25, 0.3) is 0 Å². The molecule has 2 N–H and O–H groups in total. The van der Waals surface area contributed by atoms with Crippen LogP contribution in [0.2, 0.25) is 0 Å². The first-order valence-corrected chi connectivity index (χ1v) is 7.18. The topological polar surface area (TPSA) is 55.6 Å². The fourth-order valence-corrected chi connectivity index (χ4v) is 2.50. The van der Waals surface area contributed by atoms with Gasteiger partial charge in [-0.25, -0.2) is 0 Å². The highest BCUT2D eigenvalue weighted by atomic mass is 16.5. The molecule has 20 heavy (non-hydrogen) atoms. The van der Waals surface area contributed by atoms with Crippen LogP contribution in [0.5, 0.6) is 0 Å². The molecule has 4 nitrogen and oxygen atoms in total. The van der Waals surface area contributed by atoms with E-state index in [1.165, 1.54) is 0 Å². The van der Waals surface area contributed by atoms with Crippen LogP contribution in [-0.2, 0) is 16.1 Å². The van der Waals surface area contributed by atoms with E-state index in [-0.39, 0.29) is 11.3 Å². The molecular formula is C16H24N2O2. The third kappa shape index (κ3) is 3.58. The van der Waals surface area contributed by atoms with E-state index in [0.29, 0.717) is 13.2 Å². The maximum absolute atomic E-state index is 12.3. The number of hydrogen-bond acceptors (Lipinski definition) is 3. The Hall–Kier alpha value is -1.39. The van der Waals surface area contributed by atoms with Crippen LogP contribution in [0.15, 0.2) is 30.3 Å². The lowest BCUT2D eigenvalue weighted by Gasteiger charge is -2.24. The summed E-state index contributed by atoms with van der Waals surface area (Å²) in [4.78, 5) is 14.2. The maximum atomic E-state index is 12.3. The second-order valence-electron chi connectivity index (χ2n) is 5.96. The SMILES string of the molecule is CC(OCc1ccccc1)C(=O)N1CCC(C)(CN)C1. The molecule has 0 saturated carbocycles. The van der Waals surface area contributed by atoms with Gasteiger partial charge >= 0.3 is 0 Å². The number of amides is 1. The van der Waals surface area contributed by atoms with Gasteiger partial charge in [-0.15, -0.1) is 0 Å². The molecule has 0 radical (unpaired) electrons. The van der Waals surface area contributed by atoms with Crippen molar-refractivity contribution in [2.24, 2.45) is 11.1 Å². The highest BCUT2D eigenvalue weighted by Crippen LogP contribution is 2.29. The van der Waals surface area contributed by atoms with Crippen molar-refractivity contribution >= 4 is 5.91 Å². The number of nitrogens with zero attached hydrogens (tertiary/aromatic N) is 1. The van der Waals surface area contributed by atoms with E-state index >= 15 is 0 Å². The van der Waals surface area contributed by atoms with Crippen LogP contribution in [0, 0.1) is 5.41 Å². The Morgan fingerprint density at radius 1 is 1.45 bits per heavy atom. The quantitative estimate of drug-likeness (QED) is 0.892. The van der Waals surface area contributed by atoms with Crippen molar-refractivity contribution < 1.29 is 9.53 Å². The Morgan fingerprint density at radius 2 is 2.15 bits per heavy atom. The van der Waals surface area contributed by atoms with Crippen LogP contribution in [0.3, 0.4) is 0 Å². The van der Waals surface area contributed by atoms with Crippen molar-refractivity contribution in [3.8, 4) is 0 Å². The van der Waals surface area contributed by atoms with E-state index in [4.69, 9.17) is 10.5 Å². The van der Waals surface area contributed by atoms with Gasteiger partial charge in [-0.1, -0.05) is 37.3 Å². The summed E-state index contributed by atoms with van der Waals surface area (Å²) in [5.41, 5.74) is 6.92. The van der Waals surface area contributed by atoms with Gasteiger partial charge in [0, 0.05) is 13.1 Å². The van der Waals surface area contributed by atoms with E-state index in [0.717, 1.165) is 25.1 Å². The summed E-state index contributed by atoms with van der Waals surface area (Å²) in [6.45, 7) is 6.57. The van der Waals surface area contributed by atoms with Crippen molar-refractivity contribution in [2.45, 2.75) is 33.0 Å². The smallest absolute Gasteiger partial charge is 0.251 e. The lowest BCUT2D eigenvalue weighted by atomic mass is 9.90. The van der Waals surface area contributed by atoms with Gasteiger partial charge in [0.25, 0.3) is 5.91 Å². The molecule has 1 saturated heterocycles. The van der Waals surface area contributed by atoms with Gasteiger partial charge in [0.2, 0.25) is 0 Å². The first kappa shape index (κ1) is 15.0. The van der Waals surface area contributed by atoms with Gasteiger partial charge in [0.1, 0.15) is 6.10 Å². The molecule has 1 aromatic carbocycles. The average Bonchev–Trinajstić information content (AvgIpc) is 2.88. The Kier molecular flexibility index (Phi) is 4.78. The van der Waals surface area contributed by atoms with E-state index in [2.05, 4.69) is 6.92 Å². The molecule has 110 valence electrons. The molecule has 4 heteroatoms. The van der Waals surface area contributed by atoms with Crippen LogP contribution >= 0.6 is 0 Å². The molecule has 1 amide bonds. The van der Waals surface area contributed by atoms with E-state index < -0.39 is 6.10 Å². The summed E-state index contributed by atoms with van der Waals surface area (Å²) >= 11 is 0. The number of nitrogens with two attached hydrogens (primary N) is 1. The largest absolute Gasteiger partial charge is 0.364 e. The monoisotopic (exact) mass is 276 g/mol. The number of ether oxygens (including phenoxy) is 1. The second kappa shape index (κ2) is 6.37. The third-order valence-corrected chi connectivity index (χ3v) is 4.05. The molecule has 0 aliphatic carbocycles. The minimum Gasteiger partial charge on any atom is -0.364 e. The Labute approximate surface area is 120 Å². The minimum atomic E-state index is -0.407. The zero-order valence-corrected chi connectivity index (χ0v) is 12.3. The number of carbonyl (C=O) groups is 1. The Bertz CT molecular complexity index is 449. The minimum absolute atomic E-state index is 0.0643. The van der Waals surface area contributed by atoms with Crippen LogP contribution < -0.4 is 5.73 Å². The molecule has 0 spiro atoms. The van der Waals surface area contributed by atoms with E-state index in [9.17, 15) is 4.79 Å². The van der Waals surface area contributed by atoms with Gasteiger partial charge in [0.05, 0.1) is 6.61 Å². The molecule has 1 aromatic rings. The number of rotatable bonds is 5. The average molecular weight is 276 g/mol. The number of hydrogen-bond donors (Lipinski definition) is 1. The molecule has 2 unspecified atom stereocenters. The van der Waals surface area contributed by atoms with Crippen LogP contribution in [0.1, 0.15) is 25.8 Å². The lowest BCUT2D eigenvalue weighted by molar-refractivity contribution is -0.142. The molecule has 0 bridgehead atoms. The van der Waals surface area contributed by atoms with Crippen molar-refractivity contribution in [2.75, 3.05) is 19.6 Å². The van der Waals surface area contributed by atoms with E-state index in [1.807, 2.05) is 42.2 Å². The fourth-order valence-electron chi connectivity index (χ4n) is 2.50. The van der Waals surface area contributed by atoms with Gasteiger partial charge in [-0.3, -0.25) is 4.79 Å². The summed E-state index contributed by atoms with van der Waals surface area (Å²) in [5.74, 6) is 0.0677. The zero-order valence-electron chi connectivity index (χ0n) is 12.3. The molecule has 0 aromatic heterocycles. The molecule has 1 heterocycles. The third-order valence-electron chi connectivity index (χ3n) is 4.05. The molecule has 2 rings (SSSR count). The Morgan fingerprint density at radius 3 is 2.75 bits per heavy atom. The number of likely N-dealkylation sites (tertiary alicyclic amines) is 1. The standard InChI is InChI=1S/C16H24N2O2/c1-13(20-10-14-6-4-3-5-7-14)15(19)18-9-8-16(2,11-17)12-18/h3-7,13H,8-12,17H2,1-2H3. The normalized spacial score (nSPS) is 23.9. The van der Waals surface area contributed by atoms with Gasteiger partial charge in [-0.2, -0.15) is 0 Å². The summed E-state index contributed by atoms with van der Waals surface area (Å²) < 4.78 is 5.68. The number of benzene rings is 1. The van der Waals surface area contributed by atoms with Crippen molar-refractivity contribution in [3.05, 3.63) is 35.9 Å². The molecule has 1 aliphatic heterocycles. The van der Waals surface area contributed by atoms with Crippen molar-refractivity contribution in [1.82, 2.24) is 4.90 Å². The highest BCUT2D eigenvalue weighted by Gasteiger charge is 2.36.